The number of alkyl halides is 3. The van der Waals surface area contributed by atoms with Gasteiger partial charge in [-0.15, -0.1) is 0 Å². The number of hydrogen-bond acceptors (Lipinski definition) is 3. The largest absolute Gasteiger partial charge is 0.408 e. The highest BCUT2D eigenvalue weighted by Crippen LogP contribution is 2.29. The van der Waals surface area contributed by atoms with E-state index in [0.29, 0.717) is 17.1 Å². The van der Waals surface area contributed by atoms with Crippen molar-refractivity contribution in [1.29, 1.82) is 0 Å². The van der Waals surface area contributed by atoms with Crippen LogP contribution in [0.1, 0.15) is 25.7 Å². The number of aromatic nitrogens is 2. The van der Waals surface area contributed by atoms with Crippen LogP contribution >= 0.6 is 11.6 Å². The van der Waals surface area contributed by atoms with Crippen LogP contribution in [-0.2, 0) is 6.54 Å². The molecule has 1 heterocycles. The number of rotatable bonds is 5. The third-order valence-corrected chi connectivity index (χ3v) is 3.77. The Labute approximate surface area is 118 Å². The number of halogens is 4. The lowest BCUT2D eigenvalue weighted by Crippen LogP contribution is -2.31. The van der Waals surface area contributed by atoms with Gasteiger partial charge in [0, 0.05) is 6.54 Å². The van der Waals surface area contributed by atoms with Crippen molar-refractivity contribution < 1.29 is 13.2 Å². The molecule has 0 spiro atoms. The van der Waals surface area contributed by atoms with Gasteiger partial charge in [0.2, 0.25) is 0 Å². The fourth-order valence-corrected chi connectivity index (χ4v) is 2.28. The van der Waals surface area contributed by atoms with Gasteiger partial charge >= 0.3 is 6.18 Å². The molecule has 0 unspecified atom stereocenters. The van der Waals surface area contributed by atoms with E-state index in [0.717, 1.165) is 12.6 Å². The summed E-state index contributed by atoms with van der Waals surface area (Å²) in [5.74, 6) is 0.694. The van der Waals surface area contributed by atoms with Gasteiger partial charge in [-0.05, 0) is 12.3 Å². The highest BCUT2D eigenvalue weighted by atomic mass is 35.5. The molecule has 1 aromatic rings. The average molecular weight is 310 g/mol. The smallest absolute Gasteiger partial charge is 0.382 e. The van der Waals surface area contributed by atoms with Crippen molar-refractivity contribution in [2.24, 2.45) is 5.92 Å². The van der Waals surface area contributed by atoms with E-state index < -0.39 is 18.3 Å². The highest BCUT2D eigenvalue weighted by molar-refractivity contribution is 6.32. The maximum Gasteiger partial charge on any atom is 0.408 e. The summed E-state index contributed by atoms with van der Waals surface area (Å²) in [6.45, 7) is -0.803. The zero-order valence-electron chi connectivity index (χ0n) is 10.7. The lowest BCUT2D eigenvalue weighted by atomic mass is 9.83. The maximum absolute atomic E-state index is 12.2. The van der Waals surface area contributed by atoms with Gasteiger partial charge in [0.25, 0.3) is 5.56 Å². The molecule has 0 aliphatic heterocycles. The van der Waals surface area contributed by atoms with E-state index >= 15 is 0 Å². The van der Waals surface area contributed by atoms with Crippen molar-refractivity contribution >= 4 is 17.3 Å². The molecule has 4 nitrogen and oxygen atoms in total. The molecular weight excluding hydrogens is 295 g/mol. The van der Waals surface area contributed by atoms with Gasteiger partial charge < -0.3 is 5.32 Å². The lowest BCUT2D eigenvalue weighted by molar-refractivity contribution is -0.143. The van der Waals surface area contributed by atoms with E-state index in [2.05, 4.69) is 10.4 Å². The number of nitrogens with zero attached hydrogens (tertiary/aromatic N) is 2. The Kier molecular flexibility index (Phi) is 4.57. The summed E-state index contributed by atoms with van der Waals surface area (Å²) in [6, 6.07) is 0. The molecule has 20 heavy (non-hydrogen) atoms. The first kappa shape index (κ1) is 15.2. The fourth-order valence-electron chi connectivity index (χ4n) is 2.06. The molecule has 0 aromatic carbocycles. The quantitative estimate of drug-likeness (QED) is 0.909. The van der Waals surface area contributed by atoms with E-state index in [1.165, 1.54) is 19.3 Å². The first-order chi connectivity index (χ1) is 9.37. The van der Waals surface area contributed by atoms with Crippen LogP contribution < -0.4 is 10.9 Å². The average Bonchev–Trinajstić information content (AvgIpc) is 2.29. The Morgan fingerprint density at radius 1 is 1.45 bits per heavy atom. The highest BCUT2D eigenvalue weighted by Gasteiger charge is 2.29. The lowest BCUT2D eigenvalue weighted by Gasteiger charge is -2.25. The van der Waals surface area contributed by atoms with Crippen molar-refractivity contribution in [2.75, 3.05) is 11.9 Å². The van der Waals surface area contributed by atoms with Crippen LogP contribution in [0.15, 0.2) is 11.0 Å². The summed E-state index contributed by atoms with van der Waals surface area (Å²) in [7, 11) is 0. The Morgan fingerprint density at radius 3 is 2.70 bits per heavy atom. The second-order valence-corrected chi connectivity index (χ2v) is 5.34. The molecule has 112 valence electrons. The summed E-state index contributed by atoms with van der Waals surface area (Å²) in [5, 5.41) is 6.20. The van der Waals surface area contributed by atoms with Crippen molar-refractivity contribution in [3.63, 3.8) is 0 Å². The van der Waals surface area contributed by atoms with Crippen molar-refractivity contribution in [3.05, 3.63) is 21.6 Å². The monoisotopic (exact) mass is 309 g/mol. The van der Waals surface area contributed by atoms with Crippen LogP contribution in [0.4, 0.5) is 18.9 Å². The van der Waals surface area contributed by atoms with Crippen molar-refractivity contribution in [1.82, 2.24) is 9.78 Å². The number of anilines is 1. The van der Waals surface area contributed by atoms with Crippen LogP contribution in [0.5, 0.6) is 0 Å². The fraction of sp³-hybridized carbons (Fsp3) is 0.667. The van der Waals surface area contributed by atoms with Crippen LogP contribution in [0.25, 0.3) is 0 Å². The molecule has 1 aliphatic rings. The van der Waals surface area contributed by atoms with E-state index in [1.54, 1.807) is 0 Å². The maximum atomic E-state index is 12.2. The molecule has 1 N–H and O–H groups in total. The normalized spacial score (nSPS) is 16.0. The minimum Gasteiger partial charge on any atom is -0.382 e. The zero-order chi connectivity index (χ0) is 14.8. The van der Waals surface area contributed by atoms with Gasteiger partial charge in [0.15, 0.2) is 0 Å². The Morgan fingerprint density at radius 2 is 2.15 bits per heavy atom. The van der Waals surface area contributed by atoms with Crippen LogP contribution in [-0.4, -0.2) is 22.5 Å². The van der Waals surface area contributed by atoms with Gasteiger partial charge in [-0.25, -0.2) is 4.68 Å². The predicted octanol–water partition coefficient (Wildman–Crippen LogP) is 3.06. The summed E-state index contributed by atoms with van der Waals surface area (Å²) >= 11 is 5.79. The number of nitrogens with one attached hydrogen (secondary N) is 1. The molecule has 0 saturated heterocycles. The molecule has 0 radical (unpaired) electrons. The van der Waals surface area contributed by atoms with E-state index in [1.807, 2.05) is 0 Å². The molecule has 1 aromatic heterocycles. The Balaban J connectivity index is 2.00. The van der Waals surface area contributed by atoms with Crippen LogP contribution in [0.2, 0.25) is 5.02 Å². The summed E-state index contributed by atoms with van der Waals surface area (Å²) in [4.78, 5) is 11.7. The van der Waals surface area contributed by atoms with Gasteiger partial charge in [-0.3, -0.25) is 4.79 Å². The standard InChI is InChI=1S/C12H15ClF3N3O/c13-10-9(17-5-4-8-2-1-3-8)6-18-19(11(10)20)7-12(14,15)16/h6,8,17H,1-5,7H2. The molecule has 0 atom stereocenters. The molecule has 8 heteroatoms. The topological polar surface area (TPSA) is 46.9 Å². The molecule has 2 rings (SSSR count). The number of hydrogen-bond donors (Lipinski definition) is 1. The molecule has 0 bridgehead atoms. The molecule has 1 fully saturated rings. The van der Waals surface area contributed by atoms with Crippen LogP contribution in [0.3, 0.4) is 0 Å². The SMILES string of the molecule is O=c1c(Cl)c(NCCC2CCC2)cnn1CC(F)(F)F. The first-order valence-corrected chi connectivity index (χ1v) is 6.81. The summed E-state index contributed by atoms with van der Waals surface area (Å²) < 4.78 is 37.0. The van der Waals surface area contributed by atoms with E-state index in [4.69, 9.17) is 11.6 Å². The second-order valence-electron chi connectivity index (χ2n) is 4.96. The van der Waals surface area contributed by atoms with Gasteiger partial charge in [-0.2, -0.15) is 18.3 Å². The summed E-state index contributed by atoms with van der Waals surface area (Å²) in [6.07, 6.45) is 1.29. The Bertz CT molecular complexity index is 526. The van der Waals surface area contributed by atoms with E-state index in [9.17, 15) is 18.0 Å². The molecule has 1 saturated carbocycles. The molecular formula is C12H15ClF3N3O. The molecule has 1 aliphatic carbocycles. The van der Waals surface area contributed by atoms with Crippen LogP contribution in [0, 0.1) is 5.92 Å². The van der Waals surface area contributed by atoms with Crippen molar-refractivity contribution in [2.45, 2.75) is 38.4 Å². The minimum atomic E-state index is -4.50. The van der Waals surface area contributed by atoms with Gasteiger partial charge in [0.1, 0.15) is 11.6 Å². The summed E-state index contributed by atoms with van der Waals surface area (Å²) in [5.41, 5.74) is -0.646. The minimum absolute atomic E-state index is 0.252. The Hall–Kier alpha value is -1.24. The molecule has 0 amide bonds. The van der Waals surface area contributed by atoms with E-state index in [-0.39, 0.29) is 10.7 Å². The zero-order valence-corrected chi connectivity index (χ0v) is 11.5. The third kappa shape index (κ3) is 3.88. The predicted molar refractivity (Wildman–Crippen MR) is 70.0 cm³/mol. The van der Waals surface area contributed by atoms with Gasteiger partial charge in [0.05, 0.1) is 11.9 Å². The van der Waals surface area contributed by atoms with Crippen molar-refractivity contribution in [3.8, 4) is 0 Å². The second kappa shape index (κ2) is 6.03. The third-order valence-electron chi connectivity index (χ3n) is 3.41. The first-order valence-electron chi connectivity index (χ1n) is 6.43. The van der Waals surface area contributed by atoms with Gasteiger partial charge in [-0.1, -0.05) is 30.9 Å².